The minimum Gasteiger partial charge on any atom is -0.326 e. The summed E-state index contributed by atoms with van der Waals surface area (Å²) in [5, 5.41) is 7.90. The molecule has 2 amide bonds. The van der Waals surface area contributed by atoms with Crippen molar-refractivity contribution in [2.45, 2.75) is 26.8 Å². The number of hydrogen-bond acceptors (Lipinski definition) is 3. The standard InChI is InChI=1S/C13H18FN3O2/c1-8(2)15-7-13(19)17-12-6-10(16-9(3)18)4-5-11(12)14/h4-6,8,15H,7H2,1-3H3,(H,16,18)(H,17,19). The van der Waals surface area contributed by atoms with Crippen molar-refractivity contribution in [3.8, 4) is 0 Å². The molecule has 0 saturated carbocycles. The Hall–Kier alpha value is -1.95. The van der Waals surface area contributed by atoms with Crippen LogP contribution in [0, 0.1) is 5.82 Å². The monoisotopic (exact) mass is 267 g/mol. The van der Waals surface area contributed by atoms with E-state index in [1.165, 1.54) is 25.1 Å². The van der Waals surface area contributed by atoms with Crippen molar-refractivity contribution >= 4 is 23.2 Å². The molecule has 0 fully saturated rings. The fourth-order valence-electron chi connectivity index (χ4n) is 1.39. The van der Waals surface area contributed by atoms with Gasteiger partial charge in [0.1, 0.15) is 5.82 Å². The van der Waals surface area contributed by atoms with E-state index in [4.69, 9.17) is 0 Å². The smallest absolute Gasteiger partial charge is 0.238 e. The highest BCUT2D eigenvalue weighted by Gasteiger charge is 2.08. The van der Waals surface area contributed by atoms with Crippen LogP contribution in [0.5, 0.6) is 0 Å². The molecule has 0 aliphatic carbocycles. The van der Waals surface area contributed by atoms with Crippen LogP contribution in [0.1, 0.15) is 20.8 Å². The number of amides is 2. The Kier molecular flexibility index (Phi) is 5.44. The van der Waals surface area contributed by atoms with Gasteiger partial charge in [0.15, 0.2) is 0 Å². The van der Waals surface area contributed by atoms with Gasteiger partial charge in [0.2, 0.25) is 11.8 Å². The van der Waals surface area contributed by atoms with Crippen LogP contribution in [-0.2, 0) is 9.59 Å². The first kappa shape index (κ1) is 15.1. The van der Waals surface area contributed by atoms with Crippen molar-refractivity contribution in [2.24, 2.45) is 0 Å². The summed E-state index contributed by atoms with van der Waals surface area (Å²) in [6.45, 7) is 5.27. The summed E-state index contributed by atoms with van der Waals surface area (Å²) in [7, 11) is 0. The summed E-state index contributed by atoms with van der Waals surface area (Å²) >= 11 is 0. The Bertz CT molecular complexity index is 475. The molecule has 104 valence electrons. The van der Waals surface area contributed by atoms with Crippen molar-refractivity contribution in [1.29, 1.82) is 0 Å². The molecule has 3 N–H and O–H groups in total. The number of benzene rings is 1. The maximum absolute atomic E-state index is 13.5. The lowest BCUT2D eigenvalue weighted by molar-refractivity contribution is -0.115. The molecule has 5 nitrogen and oxygen atoms in total. The van der Waals surface area contributed by atoms with Crippen molar-refractivity contribution < 1.29 is 14.0 Å². The van der Waals surface area contributed by atoms with Gasteiger partial charge in [0, 0.05) is 18.7 Å². The quantitative estimate of drug-likeness (QED) is 0.760. The molecule has 0 bridgehead atoms. The van der Waals surface area contributed by atoms with Crippen molar-refractivity contribution in [3.63, 3.8) is 0 Å². The van der Waals surface area contributed by atoms with Gasteiger partial charge in [-0.05, 0) is 18.2 Å². The molecule has 1 aromatic rings. The lowest BCUT2D eigenvalue weighted by Gasteiger charge is -2.11. The van der Waals surface area contributed by atoms with Crippen LogP contribution >= 0.6 is 0 Å². The van der Waals surface area contributed by atoms with E-state index in [-0.39, 0.29) is 30.1 Å². The maximum atomic E-state index is 13.5. The molecule has 0 heterocycles. The average Bonchev–Trinajstić information content (AvgIpc) is 2.30. The summed E-state index contributed by atoms with van der Waals surface area (Å²) in [5.41, 5.74) is 0.475. The molecule has 0 saturated heterocycles. The SMILES string of the molecule is CC(=O)Nc1ccc(F)c(NC(=O)CNC(C)C)c1. The Morgan fingerprint density at radius 2 is 1.95 bits per heavy atom. The van der Waals surface area contributed by atoms with Gasteiger partial charge in [-0.1, -0.05) is 13.8 Å². The number of carbonyl (C=O) groups excluding carboxylic acids is 2. The van der Waals surface area contributed by atoms with Gasteiger partial charge < -0.3 is 16.0 Å². The van der Waals surface area contributed by atoms with E-state index >= 15 is 0 Å². The van der Waals surface area contributed by atoms with Crippen LogP contribution in [0.2, 0.25) is 0 Å². The third-order valence-corrected chi connectivity index (χ3v) is 2.23. The van der Waals surface area contributed by atoms with E-state index in [0.29, 0.717) is 5.69 Å². The second-order valence-electron chi connectivity index (χ2n) is 4.46. The highest BCUT2D eigenvalue weighted by molar-refractivity contribution is 5.94. The average molecular weight is 267 g/mol. The maximum Gasteiger partial charge on any atom is 0.238 e. The van der Waals surface area contributed by atoms with Crippen LogP contribution in [0.15, 0.2) is 18.2 Å². The van der Waals surface area contributed by atoms with Crippen LogP contribution < -0.4 is 16.0 Å². The number of nitrogens with one attached hydrogen (secondary N) is 3. The Morgan fingerprint density at radius 3 is 2.53 bits per heavy atom. The fraction of sp³-hybridized carbons (Fsp3) is 0.385. The highest BCUT2D eigenvalue weighted by atomic mass is 19.1. The zero-order valence-corrected chi connectivity index (χ0v) is 11.2. The molecule has 1 aromatic carbocycles. The topological polar surface area (TPSA) is 70.2 Å². The van der Waals surface area contributed by atoms with E-state index in [1.807, 2.05) is 13.8 Å². The van der Waals surface area contributed by atoms with Crippen molar-refractivity contribution in [3.05, 3.63) is 24.0 Å². The fourth-order valence-corrected chi connectivity index (χ4v) is 1.39. The zero-order chi connectivity index (χ0) is 14.4. The lowest BCUT2D eigenvalue weighted by atomic mass is 10.2. The number of carbonyl (C=O) groups is 2. The second-order valence-corrected chi connectivity index (χ2v) is 4.46. The summed E-state index contributed by atoms with van der Waals surface area (Å²) in [5.74, 6) is -1.15. The van der Waals surface area contributed by atoms with Gasteiger partial charge in [-0.25, -0.2) is 4.39 Å². The Labute approximate surface area is 111 Å². The number of anilines is 2. The lowest BCUT2D eigenvalue weighted by Crippen LogP contribution is -2.32. The second kappa shape index (κ2) is 6.84. The van der Waals surface area contributed by atoms with Crippen molar-refractivity contribution in [2.75, 3.05) is 17.2 Å². The van der Waals surface area contributed by atoms with E-state index in [9.17, 15) is 14.0 Å². The normalized spacial score (nSPS) is 10.4. The van der Waals surface area contributed by atoms with E-state index in [0.717, 1.165) is 0 Å². The molecular formula is C13H18FN3O2. The van der Waals surface area contributed by atoms with Gasteiger partial charge in [0.05, 0.1) is 12.2 Å². The van der Waals surface area contributed by atoms with E-state index in [1.54, 1.807) is 0 Å². The van der Waals surface area contributed by atoms with Crippen LogP contribution in [0.3, 0.4) is 0 Å². The van der Waals surface area contributed by atoms with E-state index < -0.39 is 5.82 Å². The molecule has 1 rings (SSSR count). The zero-order valence-electron chi connectivity index (χ0n) is 11.2. The first-order valence-corrected chi connectivity index (χ1v) is 5.99. The first-order chi connectivity index (χ1) is 8.88. The van der Waals surface area contributed by atoms with Crippen LogP contribution in [0.25, 0.3) is 0 Å². The predicted molar refractivity (Wildman–Crippen MR) is 72.5 cm³/mol. The third-order valence-electron chi connectivity index (χ3n) is 2.23. The highest BCUT2D eigenvalue weighted by Crippen LogP contribution is 2.19. The molecule has 0 aromatic heterocycles. The van der Waals surface area contributed by atoms with Gasteiger partial charge in [0.25, 0.3) is 0 Å². The minimum atomic E-state index is -0.549. The molecule has 19 heavy (non-hydrogen) atoms. The summed E-state index contributed by atoms with van der Waals surface area (Å²) in [4.78, 5) is 22.5. The third kappa shape index (κ3) is 5.48. The largest absolute Gasteiger partial charge is 0.326 e. The summed E-state index contributed by atoms with van der Waals surface area (Å²) < 4.78 is 13.5. The predicted octanol–water partition coefficient (Wildman–Crippen LogP) is 1.72. The molecule has 0 atom stereocenters. The molecule has 0 spiro atoms. The Morgan fingerprint density at radius 1 is 1.26 bits per heavy atom. The number of halogens is 1. The molecule has 6 heteroatoms. The number of rotatable bonds is 5. The summed E-state index contributed by atoms with van der Waals surface area (Å²) in [6.07, 6.45) is 0. The molecule has 0 radical (unpaired) electrons. The Balaban J connectivity index is 2.71. The van der Waals surface area contributed by atoms with Gasteiger partial charge >= 0.3 is 0 Å². The molecular weight excluding hydrogens is 249 g/mol. The van der Waals surface area contributed by atoms with Crippen LogP contribution in [-0.4, -0.2) is 24.4 Å². The van der Waals surface area contributed by atoms with E-state index in [2.05, 4.69) is 16.0 Å². The minimum absolute atomic E-state index is 0.0433. The molecule has 0 unspecified atom stereocenters. The molecule has 0 aliphatic heterocycles. The van der Waals surface area contributed by atoms with Crippen molar-refractivity contribution in [1.82, 2.24) is 5.32 Å². The first-order valence-electron chi connectivity index (χ1n) is 5.99. The number of hydrogen-bond donors (Lipinski definition) is 3. The van der Waals surface area contributed by atoms with Gasteiger partial charge in [-0.3, -0.25) is 9.59 Å². The molecule has 0 aliphatic rings. The van der Waals surface area contributed by atoms with Crippen LogP contribution in [0.4, 0.5) is 15.8 Å². The van der Waals surface area contributed by atoms with Gasteiger partial charge in [-0.2, -0.15) is 0 Å². The summed E-state index contributed by atoms with van der Waals surface area (Å²) in [6, 6.07) is 4.17. The van der Waals surface area contributed by atoms with Gasteiger partial charge in [-0.15, -0.1) is 0 Å².